The zero-order valence-electron chi connectivity index (χ0n) is 12.4. The van der Waals surface area contributed by atoms with Crippen LogP contribution in [0.1, 0.15) is 18.5 Å². The third-order valence-electron chi connectivity index (χ3n) is 4.01. The number of likely N-dealkylation sites (tertiary alicyclic amines) is 1. The lowest BCUT2D eigenvalue weighted by Gasteiger charge is -2.33. The van der Waals surface area contributed by atoms with Crippen LogP contribution in [0.2, 0.25) is 0 Å². The lowest BCUT2D eigenvalue weighted by molar-refractivity contribution is -0.184. The fourth-order valence-electron chi connectivity index (χ4n) is 2.78. The van der Waals surface area contributed by atoms with Crippen molar-refractivity contribution in [2.45, 2.75) is 25.6 Å². The number of aromatic nitrogens is 2. The van der Waals surface area contributed by atoms with E-state index in [2.05, 4.69) is 10.3 Å². The topological polar surface area (TPSA) is 49.6 Å². The van der Waals surface area contributed by atoms with Gasteiger partial charge in [0.2, 0.25) is 0 Å². The molecule has 1 aliphatic rings. The fraction of sp³-hybridized carbons (Fsp3) is 0.467. The highest BCUT2D eigenvalue weighted by Gasteiger charge is 2.42. The minimum absolute atomic E-state index is 0.0831. The molecule has 23 heavy (non-hydrogen) atoms. The van der Waals surface area contributed by atoms with Crippen LogP contribution in [0.25, 0.3) is 5.65 Å². The third kappa shape index (κ3) is 3.57. The molecule has 0 spiro atoms. The van der Waals surface area contributed by atoms with Gasteiger partial charge in [-0.15, -0.1) is 0 Å². The highest BCUT2D eigenvalue weighted by Crippen LogP contribution is 2.33. The second-order valence-electron chi connectivity index (χ2n) is 5.68. The summed E-state index contributed by atoms with van der Waals surface area (Å²) < 4.78 is 40.1. The molecule has 0 radical (unpaired) electrons. The molecule has 3 heterocycles. The average molecular weight is 326 g/mol. The Morgan fingerprint density at radius 2 is 2.22 bits per heavy atom. The van der Waals surface area contributed by atoms with E-state index in [1.165, 1.54) is 4.90 Å². The average Bonchev–Trinajstić information content (AvgIpc) is 2.95. The summed E-state index contributed by atoms with van der Waals surface area (Å²) in [6.07, 6.45) is -0.178. The number of amides is 2. The number of rotatable bonds is 2. The number of halogens is 3. The van der Waals surface area contributed by atoms with Crippen LogP contribution in [0.15, 0.2) is 30.6 Å². The van der Waals surface area contributed by atoms with Crippen molar-refractivity contribution in [3.05, 3.63) is 36.3 Å². The van der Waals surface area contributed by atoms with Gasteiger partial charge in [-0.2, -0.15) is 13.2 Å². The van der Waals surface area contributed by atoms with Crippen molar-refractivity contribution in [1.82, 2.24) is 19.6 Å². The third-order valence-corrected chi connectivity index (χ3v) is 4.01. The van der Waals surface area contributed by atoms with Crippen LogP contribution in [-0.2, 0) is 6.54 Å². The molecule has 2 aromatic rings. The van der Waals surface area contributed by atoms with Gasteiger partial charge in [0.15, 0.2) is 0 Å². The van der Waals surface area contributed by atoms with E-state index in [0.29, 0.717) is 18.7 Å². The molecule has 2 amide bonds. The van der Waals surface area contributed by atoms with E-state index in [1.807, 2.05) is 28.8 Å². The molecule has 8 heteroatoms. The van der Waals surface area contributed by atoms with Crippen molar-refractivity contribution in [1.29, 1.82) is 0 Å². The first-order valence-corrected chi connectivity index (χ1v) is 7.45. The van der Waals surface area contributed by atoms with E-state index in [0.717, 1.165) is 5.65 Å². The van der Waals surface area contributed by atoms with E-state index >= 15 is 0 Å². The lowest BCUT2D eigenvalue weighted by atomic mass is 9.98. The summed E-state index contributed by atoms with van der Waals surface area (Å²) in [6, 6.07) is 5.08. The molecule has 0 aromatic carbocycles. The number of pyridine rings is 1. The summed E-state index contributed by atoms with van der Waals surface area (Å²) in [5.74, 6) is -1.43. The van der Waals surface area contributed by atoms with Gasteiger partial charge in [-0.25, -0.2) is 9.78 Å². The Bertz CT molecular complexity index is 664. The molecule has 3 rings (SSSR count). The van der Waals surface area contributed by atoms with Gasteiger partial charge in [-0.05, 0) is 25.0 Å². The number of carbonyl (C=O) groups excluding carboxylic acids is 1. The number of hydrogen-bond donors (Lipinski definition) is 1. The second-order valence-corrected chi connectivity index (χ2v) is 5.68. The summed E-state index contributed by atoms with van der Waals surface area (Å²) in [5, 5.41) is 2.65. The zero-order chi connectivity index (χ0) is 16.4. The molecular formula is C15H17F3N4O. The van der Waals surface area contributed by atoms with E-state index < -0.39 is 18.1 Å². The van der Waals surface area contributed by atoms with E-state index in [4.69, 9.17) is 0 Å². The summed E-state index contributed by atoms with van der Waals surface area (Å²) in [4.78, 5) is 17.6. The predicted octanol–water partition coefficient (Wildman–Crippen LogP) is 2.82. The van der Waals surface area contributed by atoms with Crippen molar-refractivity contribution < 1.29 is 18.0 Å². The van der Waals surface area contributed by atoms with E-state index in [-0.39, 0.29) is 19.5 Å². The maximum atomic E-state index is 12.8. The van der Waals surface area contributed by atoms with Crippen LogP contribution < -0.4 is 5.32 Å². The van der Waals surface area contributed by atoms with Crippen molar-refractivity contribution in [3.8, 4) is 0 Å². The molecule has 1 fully saturated rings. The smallest absolute Gasteiger partial charge is 0.332 e. The standard InChI is InChI=1S/C15H17F3N4O/c16-15(17,18)11-4-3-7-22(9-11)14(23)19-8-12-10-21-6-2-1-5-13(21)20-12/h1-2,5-6,10-11H,3-4,7-9H2,(H,19,23)/t11-/m0/s1. The number of hydrogen-bond acceptors (Lipinski definition) is 2. The second kappa shape index (κ2) is 6.10. The quantitative estimate of drug-likeness (QED) is 0.922. The number of piperidine rings is 1. The Morgan fingerprint density at radius 3 is 2.96 bits per heavy atom. The maximum Gasteiger partial charge on any atom is 0.393 e. The van der Waals surface area contributed by atoms with Crippen molar-refractivity contribution in [3.63, 3.8) is 0 Å². The number of alkyl halides is 3. The summed E-state index contributed by atoms with van der Waals surface area (Å²) in [5.41, 5.74) is 1.42. The normalized spacial score (nSPS) is 19.1. The first kappa shape index (κ1) is 15.6. The van der Waals surface area contributed by atoms with Gasteiger partial charge in [0, 0.05) is 25.5 Å². The molecule has 0 bridgehead atoms. The van der Waals surface area contributed by atoms with Gasteiger partial charge < -0.3 is 14.6 Å². The number of carbonyl (C=O) groups is 1. The van der Waals surface area contributed by atoms with Crippen LogP contribution in [0.5, 0.6) is 0 Å². The summed E-state index contributed by atoms with van der Waals surface area (Å²) in [6.45, 7) is 0.262. The van der Waals surface area contributed by atoms with Crippen LogP contribution in [0.4, 0.5) is 18.0 Å². The number of nitrogens with one attached hydrogen (secondary N) is 1. The van der Waals surface area contributed by atoms with Crippen molar-refractivity contribution in [2.75, 3.05) is 13.1 Å². The number of fused-ring (bicyclic) bond motifs is 1. The Balaban J connectivity index is 1.58. The SMILES string of the molecule is O=C(NCc1cn2ccccc2n1)N1CCC[C@H](C(F)(F)F)C1. The van der Waals surface area contributed by atoms with Gasteiger partial charge in [0.1, 0.15) is 5.65 Å². The Labute approximate surface area is 131 Å². The van der Waals surface area contributed by atoms with Crippen LogP contribution in [0.3, 0.4) is 0 Å². The van der Waals surface area contributed by atoms with Crippen LogP contribution in [-0.4, -0.2) is 39.6 Å². The van der Waals surface area contributed by atoms with Gasteiger partial charge in [-0.3, -0.25) is 0 Å². The number of urea groups is 1. The zero-order valence-corrected chi connectivity index (χ0v) is 12.4. The van der Waals surface area contributed by atoms with Crippen molar-refractivity contribution in [2.24, 2.45) is 5.92 Å². The lowest BCUT2D eigenvalue weighted by Crippen LogP contribution is -2.48. The first-order chi connectivity index (χ1) is 10.9. The summed E-state index contributed by atoms with van der Waals surface area (Å²) >= 11 is 0. The molecule has 2 aromatic heterocycles. The Morgan fingerprint density at radius 1 is 1.39 bits per heavy atom. The minimum atomic E-state index is -4.25. The Hall–Kier alpha value is -2.25. The molecule has 1 saturated heterocycles. The Kier molecular flexibility index (Phi) is 4.14. The monoisotopic (exact) mass is 326 g/mol. The van der Waals surface area contributed by atoms with Crippen molar-refractivity contribution >= 4 is 11.7 Å². The maximum absolute atomic E-state index is 12.8. The molecule has 1 aliphatic heterocycles. The molecule has 5 nitrogen and oxygen atoms in total. The fourth-order valence-corrected chi connectivity index (χ4v) is 2.78. The van der Waals surface area contributed by atoms with Crippen LogP contribution in [0, 0.1) is 5.92 Å². The van der Waals surface area contributed by atoms with Gasteiger partial charge in [-0.1, -0.05) is 6.07 Å². The number of imidazole rings is 1. The number of nitrogens with zero attached hydrogens (tertiary/aromatic N) is 3. The molecule has 1 atom stereocenters. The van der Waals surface area contributed by atoms with Gasteiger partial charge >= 0.3 is 12.2 Å². The summed E-state index contributed by atoms with van der Waals surface area (Å²) in [7, 11) is 0. The van der Waals surface area contributed by atoms with Crippen LogP contribution >= 0.6 is 0 Å². The first-order valence-electron chi connectivity index (χ1n) is 7.45. The van der Waals surface area contributed by atoms with E-state index in [1.54, 1.807) is 6.20 Å². The van der Waals surface area contributed by atoms with Gasteiger partial charge in [0.25, 0.3) is 0 Å². The highest BCUT2D eigenvalue weighted by atomic mass is 19.4. The molecular weight excluding hydrogens is 309 g/mol. The molecule has 1 N–H and O–H groups in total. The van der Waals surface area contributed by atoms with E-state index in [9.17, 15) is 18.0 Å². The molecule has 124 valence electrons. The molecule has 0 aliphatic carbocycles. The minimum Gasteiger partial charge on any atom is -0.332 e. The molecule has 0 unspecified atom stereocenters. The predicted molar refractivity (Wildman–Crippen MR) is 77.8 cm³/mol. The molecule has 0 saturated carbocycles. The highest BCUT2D eigenvalue weighted by molar-refractivity contribution is 5.74. The van der Waals surface area contributed by atoms with Gasteiger partial charge in [0.05, 0.1) is 18.2 Å². The largest absolute Gasteiger partial charge is 0.393 e.